The molecule has 0 saturated heterocycles. The summed E-state index contributed by atoms with van der Waals surface area (Å²) >= 11 is 1.39. The quantitative estimate of drug-likeness (QED) is 0.818. The predicted molar refractivity (Wildman–Crippen MR) is 80.0 cm³/mol. The van der Waals surface area contributed by atoms with E-state index in [1.54, 1.807) is 31.3 Å². The molecule has 5 heteroatoms. The van der Waals surface area contributed by atoms with Gasteiger partial charge in [0, 0.05) is 22.3 Å². The van der Waals surface area contributed by atoms with Crippen molar-refractivity contribution in [2.24, 2.45) is 0 Å². The van der Waals surface area contributed by atoms with Gasteiger partial charge in [-0.3, -0.25) is 0 Å². The average molecular weight is 311 g/mol. The van der Waals surface area contributed by atoms with Gasteiger partial charge in [-0.1, -0.05) is 18.2 Å². The molecule has 0 radical (unpaired) electrons. The van der Waals surface area contributed by atoms with Gasteiger partial charge in [0.15, 0.2) is 11.6 Å². The van der Waals surface area contributed by atoms with Crippen LogP contribution in [0.15, 0.2) is 41.3 Å². The highest BCUT2D eigenvalue weighted by Gasteiger charge is 2.18. The van der Waals surface area contributed by atoms with Crippen molar-refractivity contribution in [2.45, 2.75) is 17.9 Å². The molecular formula is C16H16F3NS. The monoisotopic (exact) mass is 311 g/mol. The number of hydrogen-bond acceptors (Lipinski definition) is 2. The summed E-state index contributed by atoms with van der Waals surface area (Å²) in [4.78, 5) is 0.753. The Hall–Kier alpha value is -1.46. The Morgan fingerprint density at radius 2 is 1.86 bits per heavy atom. The van der Waals surface area contributed by atoms with E-state index in [2.05, 4.69) is 5.32 Å². The third-order valence-corrected chi connectivity index (χ3v) is 4.33. The van der Waals surface area contributed by atoms with Crippen LogP contribution in [0.4, 0.5) is 13.2 Å². The second kappa shape index (κ2) is 7.00. The van der Waals surface area contributed by atoms with Crippen LogP contribution in [0.3, 0.4) is 0 Å². The molecule has 0 aliphatic carbocycles. The molecule has 0 spiro atoms. The molecule has 0 aliphatic heterocycles. The lowest BCUT2D eigenvalue weighted by atomic mass is 10.1. The van der Waals surface area contributed by atoms with Gasteiger partial charge in [-0.05, 0) is 37.7 Å². The van der Waals surface area contributed by atoms with Crippen LogP contribution in [0.25, 0.3) is 0 Å². The van der Waals surface area contributed by atoms with Crippen LogP contribution in [0, 0.1) is 24.4 Å². The van der Waals surface area contributed by atoms with Crippen molar-refractivity contribution < 1.29 is 13.2 Å². The molecule has 0 saturated carbocycles. The molecule has 21 heavy (non-hydrogen) atoms. The number of hydrogen-bond donors (Lipinski definition) is 1. The first-order chi connectivity index (χ1) is 10.0. The SMILES string of the molecule is CNC(CSc1cccc(F)c1)c1ccc(C)c(F)c1F. The Morgan fingerprint density at radius 1 is 1.10 bits per heavy atom. The summed E-state index contributed by atoms with van der Waals surface area (Å²) in [6.07, 6.45) is 0. The topological polar surface area (TPSA) is 12.0 Å². The number of benzene rings is 2. The molecular weight excluding hydrogens is 295 g/mol. The van der Waals surface area contributed by atoms with Gasteiger partial charge in [-0.2, -0.15) is 0 Å². The summed E-state index contributed by atoms with van der Waals surface area (Å²) in [6.45, 7) is 1.53. The van der Waals surface area contributed by atoms with Crippen LogP contribution in [-0.2, 0) is 0 Å². The fourth-order valence-electron chi connectivity index (χ4n) is 2.00. The molecule has 2 aromatic rings. The molecule has 0 amide bonds. The number of halogens is 3. The highest BCUT2D eigenvalue weighted by molar-refractivity contribution is 7.99. The highest BCUT2D eigenvalue weighted by atomic mass is 32.2. The van der Waals surface area contributed by atoms with Gasteiger partial charge in [-0.15, -0.1) is 11.8 Å². The van der Waals surface area contributed by atoms with Crippen LogP contribution in [-0.4, -0.2) is 12.8 Å². The van der Waals surface area contributed by atoms with Gasteiger partial charge in [0.1, 0.15) is 5.82 Å². The molecule has 112 valence electrons. The maximum Gasteiger partial charge on any atom is 0.163 e. The maximum absolute atomic E-state index is 14.0. The van der Waals surface area contributed by atoms with E-state index >= 15 is 0 Å². The first-order valence-corrected chi connectivity index (χ1v) is 7.51. The van der Waals surface area contributed by atoms with E-state index in [4.69, 9.17) is 0 Å². The van der Waals surface area contributed by atoms with Crippen LogP contribution in [0.2, 0.25) is 0 Å². The van der Waals surface area contributed by atoms with Crippen LogP contribution in [0.1, 0.15) is 17.2 Å². The normalized spacial score (nSPS) is 12.4. The van der Waals surface area contributed by atoms with Gasteiger partial charge >= 0.3 is 0 Å². The van der Waals surface area contributed by atoms with Crippen molar-refractivity contribution >= 4 is 11.8 Å². The van der Waals surface area contributed by atoms with Gasteiger partial charge in [0.25, 0.3) is 0 Å². The molecule has 0 aliphatic rings. The number of thioether (sulfide) groups is 1. The molecule has 1 atom stereocenters. The minimum Gasteiger partial charge on any atom is -0.312 e. The Bertz CT molecular complexity index is 631. The molecule has 0 bridgehead atoms. The lowest BCUT2D eigenvalue weighted by molar-refractivity contribution is 0.479. The van der Waals surface area contributed by atoms with Gasteiger partial charge in [0.05, 0.1) is 0 Å². The summed E-state index contributed by atoms with van der Waals surface area (Å²) in [5, 5.41) is 2.97. The Labute approximate surface area is 126 Å². The Kier molecular flexibility index (Phi) is 5.31. The largest absolute Gasteiger partial charge is 0.312 e. The van der Waals surface area contributed by atoms with E-state index in [1.807, 2.05) is 0 Å². The van der Waals surface area contributed by atoms with E-state index in [1.165, 1.54) is 30.8 Å². The maximum atomic E-state index is 14.0. The molecule has 1 unspecified atom stereocenters. The van der Waals surface area contributed by atoms with E-state index in [0.29, 0.717) is 5.75 Å². The van der Waals surface area contributed by atoms with Crippen molar-refractivity contribution in [3.63, 3.8) is 0 Å². The molecule has 2 rings (SSSR count). The summed E-state index contributed by atoms with van der Waals surface area (Å²) in [6, 6.07) is 8.99. The third kappa shape index (κ3) is 3.80. The van der Waals surface area contributed by atoms with Crippen molar-refractivity contribution in [2.75, 3.05) is 12.8 Å². The number of aryl methyl sites for hydroxylation is 1. The van der Waals surface area contributed by atoms with Gasteiger partial charge < -0.3 is 5.32 Å². The Balaban J connectivity index is 2.15. The molecule has 0 fully saturated rings. The first kappa shape index (κ1) is 15.9. The van der Waals surface area contributed by atoms with Gasteiger partial charge in [-0.25, -0.2) is 13.2 Å². The summed E-state index contributed by atoms with van der Waals surface area (Å²) in [7, 11) is 1.69. The van der Waals surface area contributed by atoms with E-state index in [9.17, 15) is 13.2 Å². The average Bonchev–Trinajstić information content (AvgIpc) is 2.47. The van der Waals surface area contributed by atoms with Crippen molar-refractivity contribution in [1.29, 1.82) is 0 Å². The first-order valence-electron chi connectivity index (χ1n) is 6.53. The van der Waals surface area contributed by atoms with Crippen LogP contribution < -0.4 is 5.32 Å². The standard InChI is InChI=1S/C16H16F3NS/c1-10-6-7-13(16(19)15(10)18)14(20-2)9-21-12-5-3-4-11(17)8-12/h3-8,14,20H,9H2,1-2H3. The zero-order valence-corrected chi connectivity index (χ0v) is 12.6. The molecule has 1 N–H and O–H groups in total. The highest BCUT2D eigenvalue weighted by Crippen LogP contribution is 2.28. The molecule has 0 heterocycles. The van der Waals surface area contributed by atoms with Crippen LogP contribution >= 0.6 is 11.8 Å². The fraction of sp³-hybridized carbons (Fsp3) is 0.250. The van der Waals surface area contributed by atoms with Crippen LogP contribution in [0.5, 0.6) is 0 Å². The molecule has 0 aromatic heterocycles. The van der Waals surface area contributed by atoms with E-state index in [-0.39, 0.29) is 23.0 Å². The minimum atomic E-state index is -0.825. The summed E-state index contributed by atoms with van der Waals surface area (Å²) in [5.41, 5.74) is 0.563. The second-order valence-electron chi connectivity index (χ2n) is 4.71. The van der Waals surface area contributed by atoms with Crippen molar-refractivity contribution in [1.82, 2.24) is 5.32 Å². The third-order valence-electron chi connectivity index (χ3n) is 3.24. The minimum absolute atomic E-state index is 0.281. The van der Waals surface area contributed by atoms with E-state index in [0.717, 1.165) is 4.90 Å². The number of nitrogens with one attached hydrogen (secondary N) is 1. The van der Waals surface area contributed by atoms with E-state index < -0.39 is 11.6 Å². The van der Waals surface area contributed by atoms with Gasteiger partial charge in [0.2, 0.25) is 0 Å². The lowest BCUT2D eigenvalue weighted by Gasteiger charge is -2.18. The fourth-order valence-corrected chi connectivity index (χ4v) is 3.07. The molecule has 2 aromatic carbocycles. The zero-order chi connectivity index (χ0) is 15.4. The lowest BCUT2D eigenvalue weighted by Crippen LogP contribution is -2.20. The summed E-state index contributed by atoms with van der Waals surface area (Å²) in [5.74, 6) is -1.48. The summed E-state index contributed by atoms with van der Waals surface area (Å²) < 4.78 is 40.8. The van der Waals surface area contributed by atoms with Crippen molar-refractivity contribution in [3.05, 3.63) is 65.0 Å². The predicted octanol–water partition coefficient (Wildman–Crippen LogP) is 4.47. The zero-order valence-electron chi connectivity index (χ0n) is 11.8. The second-order valence-corrected chi connectivity index (χ2v) is 5.80. The van der Waals surface area contributed by atoms with Crippen molar-refractivity contribution in [3.8, 4) is 0 Å². The molecule has 1 nitrogen and oxygen atoms in total. The smallest absolute Gasteiger partial charge is 0.163 e. The number of rotatable bonds is 5. The Morgan fingerprint density at radius 3 is 2.52 bits per heavy atom.